The normalized spacial score (nSPS) is 10.2. The van der Waals surface area contributed by atoms with Crippen LogP contribution in [0.15, 0.2) is 22.7 Å². The lowest BCUT2D eigenvalue weighted by Crippen LogP contribution is -2.39. The third kappa shape index (κ3) is 4.25. The highest BCUT2D eigenvalue weighted by Crippen LogP contribution is 2.23. The third-order valence-electron chi connectivity index (χ3n) is 2.20. The highest BCUT2D eigenvalue weighted by atomic mass is 79.9. The maximum atomic E-state index is 13.0. The van der Waals surface area contributed by atoms with E-state index in [1.807, 2.05) is 0 Å². The van der Waals surface area contributed by atoms with Crippen LogP contribution in [0.4, 0.5) is 14.9 Å². The van der Waals surface area contributed by atoms with E-state index in [0.717, 1.165) is 0 Å². The first kappa shape index (κ1) is 14.9. The first-order chi connectivity index (χ1) is 8.58. The molecular weight excluding hydrogens is 307 g/mol. The Bertz CT molecular complexity index is 411. The summed E-state index contributed by atoms with van der Waals surface area (Å²) in [6, 6.07) is 3.41. The number of rotatable bonds is 5. The van der Waals surface area contributed by atoms with Crippen LogP contribution >= 0.6 is 15.9 Å². The smallest absolute Gasteiger partial charge is 0.322 e. The maximum Gasteiger partial charge on any atom is 0.322 e. The molecule has 1 rings (SSSR count). The molecule has 100 valence electrons. The fourth-order valence-electron chi connectivity index (χ4n) is 1.34. The molecular formula is C11H14BrFN2O3. The topological polar surface area (TPSA) is 72.8 Å². The van der Waals surface area contributed by atoms with Crippen molar-refractivity contribution in [3.8, 4) is 0 Å². The number of aliphatic hydroxyl groups is 2. The second-order valence-corrected chi connectivity index (χ2v) is 4.34. The molecule has 0 aliphatic heterocycles. The Balaban J connectivity index is 2.75. The summed E-state index contributed by atoms with van der Waals surface area (Å²) < 4.78 is 13.6. The zero-order valence-electron chi connectivity index (χ0n) is 9.57. The predicted octanol–water partition coefficient (Wildman–Crippen LogP) is 1.41. The zero-order chi connectivity index (χ0) is 13.5. The molecule has 0 aliphatic rings. The number of aliphatic hydroxyl groups excluding tert-OH is 2. The Morgan fingerprint density at radius 1 is 1.33 bits per heavy atom. The van der Waals surface area contributed by atoms with Crippen LogP contribution in [0.1, 0.15) is 0 Å². The second kappa shape index (κ2) is 7.30. The average Bonchev–Trinajstić information content (AvgIpc) is 2.33. The van der Waals surface area contributed by atoms with Crippen molar-refractivity contribution in [1.82, 2.24) is 4.90 Å². The highest BCUT2D eigenvalue weighted by molar-refractivity contribution is 9.10. The summed E-state index contributed by atoms with van der Waals surface area (Å²) in [5.41, 5.74) is 0.292. The van der Waals surface area contributed by atoms with Crippen molar-refractivity contribution in [1.29, 1.82) is 0 Å². The van der Waals surface area contributed by atoms with Crippen molar-refractivity contribution in [3.05, 3.63) is 28.5 Å². The van der Waals surface area contributed by atoms with Crippen molar-refractivity contribution in [3.63, 3.8) is 0 Å². The van der Waals surface area contributed by atoms with E-state index in [-0.39, 0.29) is 26.3 Å². The van der Waals surface area contributed by atoms with Crippen LogP contribution in [-0.4, -0.2) is 47.4 Å². The van der Waals surface area contributed by atoms with Crippen molar-refractivity contribution >= 4 is 27.6 Å². The van der Waals surface area contributed by atoms with Crippen LogP contribution in [-0.2, 0) is 0 Å². The minimum absolute atomic E-state index is 0.0966. The van der Waals surface area contributed by atoms with Crippen LogP contribution in [0.25, 0.3) is 0 Å². The molecule has 0 radical (unpaired) electrons. The number of halogens is 2. The Kier molecular flexibility index (Phi) is 6.03. The van der Waals surface area contributed by atoms with Gasteiger partial charge in [-0.25, -0.2) is 9.18 Å². The number of benzene rings is 1. The number of hydrogen-bond acceptors (Lipinski definition) is 3. The molecule has 18 heavy (non-hydrogen) atoms. The van der Waals surface area contributed by atoms with E-state index in [4.69, 9.17) is 10.2 Å². The van der Waals surface area contributed by atoms with Crippen LogP contribution in [0.3, 0.4) is 0 Å². The largest absolute Gasteiger partial charge is 0.395 e. The quantitative estimate of drug-likeness (QED) is 0.768. The summed E-state index contributed by atoms with van der Waals surface area (Å²) >= 11 is 3.19. The minimum atomic E-state index is -0.510. The van der Waals surface area contributed by atoms with Gasteiger partial charge in [-0.15, -0.1) is 0 Å². The van der Waals surface area contributed by atoms with Gasteiger partial charge < -0.3 is 20.4 Å². The summed E-state index contributed by atoms with van der Waals surface area (Å²) in [7, 11) is 0. The number of nitrogens with zero attached hydrogens (tertiary/aromatic N) is 1. The first-order valence-corrected chi connectivity index (χ1v) is 6.10. The Morgan fingerprint density at radius 2 is 1.94 bits per heavy atom. The van der Waals surface area contributed by atoms with Crippen molar-refractivity contribution in [2.24, 2.45) is 0 Å². The zero-order valence-corrected chi connectivity index (χ0v) is 11.2. The molecule has 0 fully saturated rings. The van der Waals surface area contributed by atoms with Gasteiger partial charge in [-0.2, -0.15) is 0 Å². The number of carbonyl (C=O) groups excluding carboxylic acids is 1. The van der Waals surface area contributed by atoms with E-state index >= 15 is 0 Å². The fraction of sp³-hybridized carbons (Fsp3) is 0.364. The molecule has 2 amide bonds. The number of urea groups is 1. The summed E-state index contributed by atoms with van der Waals surface area (Å²) in [6.45, 7) is -0.228. The van der Waals surface area contributed by atoms with Gasteiger partial charge in [-0.05, 0) is 34.1 Å². The lowest BCUT2D eigenvalue weighted by Gasteiger charge is -2.21. The molecule has 7 heteroatoms. The number of hydrogen-bond donors (Lipinski definition) is 3. The standard InChI is InChI=1S/C11H14BrFN2O3/c12-9-2-1-8(13)7-10(9)14-11(18)15(3-5-16)4-6-17/h1-2,7,16-17H,3-6H2,(H,14,18). The Hall–Kier alpha value is -1.18. The molecule has 0 bridgehead atoms. The van der Waals surface area contributed by atoms with E-state index in [2.05, 4.69) is 21.2 Å². The third-order valence-corrected chi connectivity index (χ3v) is 2.89. The molecule has 1 aromatic carbocycles. The highest BCUT2D eigenvalue weighted by Gasteiger charge is 2.14. The molecule has 0 unspecified atom stereocenters. The van der Waals surface area contributed by atoms with Gasteiger partial charge in [0.15, 0.2) is 0 Å². The van der Waals surface area contributed by atoms with Gasteiger partial charge in [0.25, 0.3) is 0 Å². The molecule has 1 aromatic rings. The van der Waals surface area contributed by atoms with Gasteiger partial charge in [-0.1, -0.05) is 0 Å². The second-order valence-electron chi connectivity index (χ2n) is 3.49. The van der Waals surface area contributed by atoms with Crippen LogP contribution in [0.2, 0.25) is 0 Å². The van der Waals surface area contributed by atoms with E-state index in [1.165, 1.54) is 23.1 Å². The molecule has 5 nitrogen and oxygen atoms in total. The first-order valence-electron chi connectivity index (χ1n) is 5.31. The number of carbonyl (C=O) groups is 1. The molecule has 0 spiro atoms. The summed E-state index contributed by atoms with van der Waals surface area (Å²) in [5, 5.41) is 20.1. The van der Waals surface area contributed by atoms with Crippen molar-refractivity contribution < 1.29 is 19.4 Å². The summed E-state index contributed by atoms with van der Waals surface area (Å²) in [5.74, 6) is -0.468. The van der Waals surface area contributed by atoms with Gasteiger partial charge in [0, 0.05) is 17.6 Å². The lowest BCUT2D eigenvalue weighted by atomic mass is 10.3. The molecule has 3 N–H and O–H groups in total. The van der Waals surface area contributed by atoms with Crippen LogP contribution < -0.4 is 5.32 Å². The van der Waals surface area contributed by atoms with Gasteiger partial charge >= 0.3 is 6.03 Å². The van der Waals surface area contributed by atoms with Gasteiger partial charge in [0.05, 0.1) is 18.9 Å². The molecule has 0 saturated carbocycles. The van der Waals surface area contributed by atoms with E-state index in [0.29, 0.717) is 10.2 Å². The van der Waals surface area contributed by atoms with E-state index in [9.17, 15) is 9.18 Å². The number of nitrogens with one attached hydrogen (secondary N) is 1. The fourth-order valence-corrected chi connectivity index (χ4v) is 1.69. The van der Waals surface area contributed by atoms with Gasteiger partial charge in [-0.3, -0.25) is 0 Å². The van der Waals surface area contributed by atoms with Crippen molar-refractivity contribution in [2.45, 2.75) is 0 Å². The molecule has 0 heterocycles. The van der Waals surface area contributed by atoms with Crippen LogP contribution in [0.5, 0.6) is 0 Å². The molecule has 0 atom stereocenters. The minimum Gasteiger partial charge on any atom is -0.395 e. The van der Waals surface area contributed by atoms with Gasteiger partial charge in [0.1, 0.15) is 5.82 Å². The molecule has 0 aliphatic carbocycles. The maximum absolute atomic E-state index is 13.0. The Labute approximate surface area is 112 Å². The summed E-state index contributed by atoms with van der Waals surface area (Å²) in [4.78, 5) is 13.0. The molecule has 0 aromatic heterocycles. The number of amides is 2. The summed E-state index contributed by atoms with van der Waals surface area (Å²) in [6.07, 6.45) is 0. The van der Waals surface area contributed by atoms with Gasteiger partial charge in [0.2, 0.25) is 0 Å². The molecule has 0 saturated heterocycles. The number of anilines is 1. The van der Waals surface area contributed by atoms with Crippen LogP contribution in [0, 0.1) is 5.82 Å². The predicted molar refractivity (Wildman–Crippen MR) is 68.9 cm³/mol. The monoisotopic (exact) mass is 320 g/mol. The lowest BCUT2D eigenvalue weighted by molar-refractivity contribution is 0.167. The average molecular weight is 321 g/mol. The van der Waals surface area contributed by atoms with E-state index in [1.54, 1.807) is 0 Å². The SMILES string of the molecule is O=C(Nc1cc(F)ccc1Br)N(CCO)CCO. The van der Waals surface area contributed by atoms with E-state index < -0.39 is 11.8 Å². The van der Waals surface area contributed by atoms with Crippen molar-refractivity contribution in [2.75, 3.05) is 31.6 Å². The Morgan fingerprint density at radius 3 is 2.50 bits per heavy atom.